The van der Waals surface area contributed by atoms with Crippen LogP contribution in [0.1, 0.15) is 19.3 Å². The molecule has 4 heteroatoms. The van der Waals surface area contributed by atoms with Crippen molar-refractivity contribution in [3.05, 3.63) is 0 Å². The third kappa shape index (κ3) is 3.56. The summed E-state index contributed by atoms with van der Waals surface area (Å²) in [4.78, 5) is 10.7. The summed E-state index contributed by atoms with van der Waals surface area (Å²) in [6.45, 7) is 2.06. The zero-order valence-corrected chi connectivity index (χ0v) is 8.59. The molecule has 0 aromatic rings. The molecule has 0 spiro atoms. The van der Waals surface area contributed by atoms with Crippen molar-refractivity contribution < 1.29 is 9.90 Å². The van der Waals surface area contributed by atoms with E-state index < -0.39 is 5.97 Å². The Morgan fingerprint density at radius 1 is 1.54 bits per heavy atom. The molecule has 76 valence electrons. The summed E-state index contributed by atoms with van der Waals surface area (Å²) < 4.78 is 0. The average Bonchev–Trinajstić information content (AvgIpc) is 2.15. The Labute approximate surface area is 84.3 Å². The third-order valence-electron chi connectivity index (χ3n) is 2.65. The second-order valence-electron chi connectivity index (χ2n) is 3.65. The number of nitrogens with one attached hydrogen (secondary N) is 1. The highest BCUT2D eigenvalue weighted by Gasteiger charge is 2.22. The van der Waals surface area contributed by atoms with E-state index in [1.54, 1.807) is 0 Å². The number of carboxylic acid groups (broad SMARTS) is 1. The van der Waals surface area contributed by atoms with Crippen LogP contribution in [0.25, 0.3) is 0 Å². The van der Waals surface area contributed by atoms with E-state index in [4.69, 9.17) is 5.11 Å². The van der Waals surface area contributed by atoms with Gasteiger partial charge in [0.15, 0.2) is 0 Å². The minimum atomic E-state index is -0.700. The van der Waals surface area contributed by atoms with Crippen LogP contribution in [0.4, 0.5) is 0 Å². The van der Waals surface area contributed by atoms with Crippen LogP contribution >= 0.6 is 12.6 Å². The standard InChI is InChI=1S/C9H17NO2S/c11-9(12)8(6-13)5-7-1-3-10-4-2-7/h7-8,10,13H,1-6H2,(H,11,12). The SMILES string of the molecule is O=C(O)C(CS)CC1CCNCC1. The molecule has 1 heterocycles. The number of carbonyl (C=O) groups is 1. The Hall–Kier alpha value is -0.220. The average molecular weight is 203 g/mol. The molecule has 2 N–H and O–H groups in total. The number of thiol groups is 1. The van der Waals surface area contributed by atoms with E-state index in [0.29, 0.717) is 11.7 Å². The molecule has 1 unspecified atom stereocenters. The van der Waals surface area contributed by atoms with Crippen molar-refractivity contribution in [3.63, 3.8) is 0 Å². The van der Waals surface area contributed by atoms with Crippen molar-refractivity contribution >= 4 is 18.6 Å². The summed E-state index contributed by atoms with van der Waals surface area (Å²) in [5.74, 6) is 0.0775. The zero-order valence-electron chi connectivity index (χ0n) is 7.70. The van der Waals surface area contributed by atoms with Gasteiger partial charge >= 0.3 is 5.97 Å². The molecule has 1 fully saturated rings. The van der Waals surface area contributed by atoms with Crippen molar-refractivity contribution in [1.82, 2.24) is 5.32 Å². The first kappa shape index (κ1) is 10.9. The maximum absolute atomic E-state index is 10.7. The van der Waals surface area contributed by atoms with Gasteiger partial charge in [-0.15, -0.1) is 0 Å². The van der Waals surface area contributed by atoms with Gasteiger partial charge in [0.1, 0.15) is 0 Å². The van der Waals surface area contributed by atoms with Crippen molar-refractivity contribution in [3.8, 4) is 0 Å². The predicted molar refractivity (Wildman–Crippen MR) is 55.2 cm³/mol. The summed E-state index contributed by atoms with van der Waals surface area (Å²) in [6, 6.07) is 0. The lowest BCUT2D eigenvalue weighted by molar-refractivity contribution is -0.141. The normalized spacial score (nSPS) is 21.3. The van der Waals surface area contributed by atoms with Gasteiger partial charge in [-0.2, -0.15) is 12.6 Å². The van der Waals surface area contributed by atoms with Gasteiger partial charge < -0.3 is 10.4 Å². The van der Waals surface area contributed by atoms with Gasteiger partial charge in [-0.05, 0) is 38.3 Å². The molecule has 0 aromatic carbocycles. The van der Waals surface area contributed by atoms with Crippen molar-refractivity contribution in [2.75, 3.05) is 18.8 Å². The number of carboxylic acids is 1. The second kappa shape index (κ2) is 5.50. The first-order valence-corrected chi connectivity index (χ1v) is 5.41. The van der Waals surface area contributed by atoms with Crippen LogP contribution in [0, 0.1) is 11.8 Å². The van der Waals surface area contributed by atoms with Gasteiger partial charge in [0, 0.05) is 5.75 Å². The van der Waals surface area contributed by atoms with Crippen LogP contribution in [-0.2, 0) is 4.79 Å². The Kier molecular flexibility index (Phi) is 4.59. The monoisotopic (exact) mass is 203 g/mol. The fourth-order valence-corrected chi connectivity index (χ4v) is 2.08. The van der Waals surface area contributed by atoms with E-state index in [1.807, 2.05) is 0 Å². The van der Waals surface area contributed by atoms with Gasteiger partial charge in [0.2, 0.25) is 0 Å². The second-order valence-corrected chi connectivity index (χ2v) is 4.01. The quantitative estimate of drug-likeness (QED) is 0.598. The Morgan fingerprint density at radius 2 is 2.15 bits per heavy atom. The highest BCUT2D eigenvalue weighted by atomic mass is 32.1. The van der Waals surface area contributed by atoms with Gasteiger partial charge in [-0.3, -0.25) is 4.79 Å². The highest BCUT2D eigenvalue weighted by molar-refractivity contribution is 7.80. The maximum atomic E-state index is 10.7. The topological polar surface area (TPSA) is 49.3 Å². The minimum absolute atomic E-state index is 0.258. The van der Waals surface area contributed by atoms with Crippen LogP contribution in [0.5, 0.6) is 0 Å². The van der Waals surface area contributed by atoms with E-state index in [2.05, 4.69) is 17.9 Å². The van der Waals surface area contributed by atoms with Crippen molar-refractivity contribution in [2.45, 2.75) is 19.3 Å². The van der Waals surface area contributed by atoms with E-state index in [9.17, 15) is 4.79 Å². The van der Waals surface area contributed by atoms with Gasteiger partial charge in [-0.1, -0.05) is 0 Å². The zero-order chi connectivity index (χ0) is 9.68. The lowest BCUT2D eigenvalue weighted by Crippen LogP contribution is -2.30. The number of hydrogen-bond donors (Lipinski definition) is 3. The Bertz CT molecular complexity index is 169. The number of piperidine rings is 1. The van der Waals surface area contributed by atoms with E-state index >= 15 is 0 Å². The van der Waals surface area contributed by atoms with E-state index in [1.165, 1.54) is 0 Å². The minimum Gasteiger partial charge on any atom is -0.481 e. The molecule has 1 rings (SSSR count). The molecule has 1 aliphatic rings. The van der Waals surface area contributed by atoms with Crippen molar-refractivity contribution in [2.24, 2.45) is 11.8 Å². The molecule has 0 radical (unpaired) electrons. The van der Waals surface area contributed by atoms with E-state index in [-0.39, 0.29) is 5.92 Å². The molecule has 3 nitrogen and oxygen atoms in total. The van der Waals surface area contributed by atoms with Crippen molar-refractivity contribution in [1.29, 1.82) is 0 Å². The van der Waals surface area contributed by atoms with Crippen LogP contribution in [0.3, 0.4) is 0 Å². The molecule has 1 saturated heterocycles. The summed E-state index contributed by atoms with van der Waals surface area (Å²) in [7, 11) is 0. The summed E-state index contributed by atoms with van der Waals surface area (Å²) >= 11 is 4.06. The summed E-state index contributed by atoms with van der Waals surface area (Å²) in [6.07, 6.45) is 3.01. The summed E-state index contributed by atoms with van der Waals surface area (Å²) in [5.41, 5.74) is 0. The molecule has 13 heavy (non-hydrogen) atoms. The largest absolute Gasteiger partial charge is 0.481 e. The number of aliphatic carboxylic acids is 1. The lowest BCUT2D eigenvalue weighted by atomic mass is 9.88. The molecule has 1 aliphatic heterocycles. The molecular formula is C9H17NO2S. The van der Waals surface area contributed by atoms with Crippen LogP contribution in [-0.4, -0.2) is 29.9 Å². The Morgan fingerprint density at radius 3 is 2.62 bits per heavy atom. The first-order chi connectivity index (χ1) is 6.24. The molecule has 0 aliphatic carbocycles. The predicted octanol–water partition coefficient (Wildman–Crippen LogP) is 1.01. The van der Waals surface area contributed by atoms with Gasteiger partial charge in [-0.25, -0.2) is 0 Å². The molecule has 0 aromatic heterocycles. The van der Waals surface area contributed by atoms with Gasteiger partial charge in [0.25, 0.3) is 0 Å². The third-order valence-corrected chi connectivity index (χ3v) is 3.09. The number of hydrogen-bond acceptors (Lipinski definition) is 3. The smallest absolute Gasteiger partial charge is 0.307 e. The van der Waals surface area contributed by atoms with E-state index in [0.717, 1.165) is 32.4 Å². The first-order valence-electron chi connectivity index (χ1n) is 4.78. The maximum Gasteiger partial charge on any atom is 0.307 e. The van der Waals surface area contributed by atoms with Crippen LogP contribution in [0.15, 0.2) is 0 Å². The van der Waals surface area contributed by atoms with Crippen LogP contribution < -0.4 is 5.32 Å². The molecular weight excluding hydrogens is 186 g/mol. The fraction of sp³-hybridized carbons (Fsp3) is 0.889. The lowest BCUT2D eigenvalue weighted by Gasteiger charge is -2.24. The molecule has 0 bridgehead atoms. The molecule has 1 atom stereocenters. The van der Waals surface area contributed by atoms with Gasteiger partial charge in [0.05, 0.1) is 5.92 Å². The van der Waals surface area contributed by atoms with Crippen LogP contribution in [0.2, 0.25) is 0 Å². The highest BCUT2D eigenvalue weighted by Crippen LogP contribution is 2.21. The summed E-state index contributed by atoms with van der Waals surface area (Å²) in [5, 5.41) is 12.1. The molecule has 0 saturated carbocycles. The fourth-order valence-electron chi connectivity index (χ4n) is 1.77. The molecule has 0 amide bonds. The number of rotatable bonds is 4. The Balaban J connectivity index is 2.31.